The Bertz CT molecular complexity index is 213. The highest BCUT2D eigenvalue weighted by molar-refractivity contribution is 5.96. The number of esters is 1. The Balaban J connectivity index is 3.93. The molecule has 2 N–H and O–H groups in total. The fraction of sp³-hybridized carbons (Fsp3) is 0.800. The molecule has 0 amide bonds. The molecule has 0 unspecified atom stereocenters. The van der Waals surface area contributed by atoms with Gasteiger partial charge in [-0.3, -0.25) is 14.5 Å². The number of aliphatic hydroxyl groups excluding tert-OH is 2. The number of carbonyl (C=O) groups excluding carboxylic acids is 2. The molecule has 0 aliphatic rings. The molecule has 0 bridgehead atoms. The van der Waals surface area contributed by atoms with Crippen LogP contribution in [0.4, 0.5) is 0 Å². The van der Waals surface area contributed by atoms with E-state index in [1.807, 2.05) is 0 Å². The monoisotopic (exact) mass is 233 g/mol. The molecule has 0 fully saturated rings. The Labute approximate surface area is 94.8 Å². The van der Waals surface area contributed by atoms with Gasteiger partial charge in [-0.1, -0.05) is 0 Å². The van der Waals surface area contributed by atoms with Crippen LogP contribution in [0.2, 0.25) is 0 Å². The predicted octanol–water partition coefficient (Wildman–Crippen LogP) is -1.20. The van der Waals surface area contributed by atoms with Crippen LogP contribution in [0.1, 0.15) is 13.3 Å². The SMILES string of the molecule is CCOC(=O)CC(=O)CN(CCO)CCO. The fourth-order valence-corrected chi connectivity index (χ4v) is 1.23. The number of aliphatic hydroxyl groups is 2. The van der Waals surface area contributed by atoms with Crippen molar-refractivity contribution in [2.45, 2.75) is 13.3 Å². The van der Waals surface area contributed by atoms with E-state index < -0.39 is 5.97 Å². The van der Waals surface area contributed by atoms with E-state index in [0.717, 1.165) is 0 Å². The fourth-order valence-electron chi connectivity index (χ4n) is 1.23. The van der Waals surface area contributed by atoms with Crippen LogP contribution < -0.4 is 0 Å². The second-order valence-electron chi connectivity index (χ2n) is 3.24. The number of ether oxygens (including phenoxy) is 1. The van der Waals surface area contributed by atoms with Crippen LogP contribution in [-0.4, -0.2) is 66.3 Å². The van der Waals surface area contributed by atoms with Gasteiger partial charge in [0.2, 0.25) is 0 Å². The molecule has 6 nitrogen and oxygen atoms in total. The maximum atomic E-state index is 11.4. The molecule has 0 aromatic carbocycles. The lowest BCUT2D eigenvalue weighted by Gasteiger charge is -2.18. The van der Waals surface area contributed by atoms with Crippen molar-refractivity contribution in [2.24, 2.45) is 0 Å². The van der Waals surface area contributed by atoms with E-state index in [1.165, 1.54) is 0 Å². The van der Waals surface area contributed by atoms with E-state index in [4.69, 9.17) is 10.2 Å². The maximum absolute atomic E-state index is 11.4. The van der Waals surface area contributed by atoms with Gasteiger partial charge in [-0.2, -0.15) is 0 Å². The van der Waals surface area contributed by atoms with Crippen LogP contribution in [0.15, 0.2) is 0 Å². The van der Waals surface area contributed by atoms with Crippen molar-refractivity contribution < 1.29 is 24.5 Å². The highest BCUT2D eigenvalue weighted by Gasteiger charge is 2.14. The first-order chi connectivity index (χ1) is 7.63. The summed E-state index contributed by atoms with van der Waals surface area (Å²) in [5.74, 6) is -0.819. The Kier molecular flexibility index (Phi) is 8.69. The number of hydrogen-bond donors (Lipinski definition) is 2. The number of carbonyl (C=O) groups is 2. The predicted molar refractivity (Wildman–Crippen MR) is 56.9 cm³/mol. The van der Waals surface area contributed by atoms with Crippen molar-refractivity contribution >= 4 is 11.8 Å². The first-order valence-corrected chi connectivity index (χ1v) is 5.25. The summed E-state index contributed by atoms with van der Waals surface area (Å²) in [5, 5.41) is 17.4. The molecule has 0 spiro atoms. The summed E-state index contributed by atoms with van der Waals surface area (Å²) in [5.41, 5.74) is 0. The van der Waals surface area contributed by atoms with Crippen LogP contribution in [0, 0.1) is 0 Å². The summed E-state index contributed by atoms with van der Waals surface area (Å²) in [7, 11) is 0. The average Bonchev–Trinajstić information content (AvgIpc) is 2.18. The Morgan fingerprint density at radius 1 is 1.19 bits per heavy atom. The topological polar surface area (TPSA) is 87.1 Å². The Morgan fingerprint density at radius 2 is 1.75 bits per heavy atom. The molecule has 94 valence electrons. The number of Topliss-reactive ketones (excluding diaryl/α,β-unsaturated/α-hetero) is 1. The normalized spacial score (nSPS) is 10.5. The van der Waals surface area contributed by atoms with Gasteiger partial charge in [0.25, 0.3) is 0 Å². The van der Waals surface area contributed by atoms with Crippen molar-refractivity contribution in [2.75, 3.05) is 39.5 Å². The van der Waals surface area contributed by atoms with Crippen LogP contribution >= 0.6 is 0 Å². The zero-order valence-corrected chi connectivity index (χ0v) is 9.52. The van der Waals surface area contributed by atoms with Gasteiger partial charge in [-0.25, -0.2) is 0 Å². The zero-order chi connectivity index (χ0) is 12.4. The number of hydrogen-bond acceptors (Lipinski definition) is 6. The van der Waals surface area contributed by atoms with E-state index in [-0.39, 0.29) is 38.6 Å². The molecular formula is C10H19NO5. The van der Waals surface area contributed by atoms with Gasteiger partial charge in [-0.15, -0.1) is 0 Å². The second kappa shape index (κ2) is 9.26. The molecule has 0 radical (unpaired) electrons. The number of rotatable bonds is 9. The molecule has 0 aliphatic heterocycles. The van der Waals surface area contributed by atoms with E-state index in [2.05, 4.69) is 4.74 Å². The van der Waals surface area contributed by atoms with E-state index >= 15 is 0 Å². The van der Waals surface area contributed by atoms with E-state index in [0.29, 0.717) is 13.1 Å². The van der Waals surface area contributed by atoms with Gasteiger partial charge in [-0.05, 0) is 6.92 Å². The summed E-state index contributed by atoms with van der Waals surface area (Å²) in [6.45, 7) is 2.39. The Hall–Kier alpha value is -0.980. The third-order valence-corrected chi connectivity index (χ3v) is 1.88. The largest absolute Gasteiger partial charge is 0.466 e. The van der Waals surface area contributed by atoms with Crippen molar-refractivity contribution in [3.05, 3.63) is 0 Å². The average molecular weight is 233 g/mol. The molecule has 0 aromatic rings. The Morgan fingerprint density at radius 3 is 2.19 bits per heavy atom. The second-order valence-corrected chi connectivity index (χ2v) is 3.24. The lowest BCUT2D eigenvalue weighted by molar-refractivity contribution is -0.145. The molecule has 0 saturated heterocycles. The molecule has 0 heterocycles. The molecule has 0 saturated carbocycles. The lowest BCUT2D eigenvalue weighted by atomic mass is 10.2. The highest BCUT2D eigenvalue weighted by atomic mass is 16.5. The number of ketones is 1. The molecule has 0 rings (SSSR count). The molecule has 0 aromatic heterocycles. The smallest absolute Gasteiger partial charge is 0.313 e. The van der Waals surface area contributed by atoms with Crippen LogP contribution in [0.3, 0.4) is 0 Å². The lowest BCUT2D eigenvalue weighted by Crippen LogP contribution is -2.35. The van der Waals surface area contributed by atoms with Gasteiger partial charge in [0, 0.05) is 13.1 Å². The molecule has 0 aliphatic carbocycles. The van der Waals surface area contributed by atoms with Gasteiger partial charge >= 0.3 is 5.97 Å². The number of nitrogens with zero attached hydrogens (tertiary/aromatic N) is 1. The maximum Gasteiger partial charge on any atom is 0.313 e. The molecule has 0 atom stereocenters. The van der Waals surface area contributed by atoms with E-state index in [9.17, 15) is 9.59 Å². The van der Waals surface area contributed by atoms with Gasteiger partial charge in [0.1, 0.15) is 6.42 Å². The third kappa shape index (κ3) is 7.33. The van der Waals surface area contributed by atoms with Crippen molar-refractivity contribution in [3.8, 4) is 0 Å². The first-order valence-electron chi connectivity index (χ1n) is 5.25. The quantitative estimate of drug-likeness (QED) is 0.384. The zero-order valence-electron chi connectivity index (χ0n) is 9.52. The molecule has 16 heavy (non-hydrogen) atoms. The van der Waals surface area contributed by atoms with Crippen LogP contribution in [0.25, 0.3) is 0 Å². The minimum Gasteiger partial charge on any atom is -0.466 e. The van der Waals surface area contributed by atoms with Crippen LogP contribution in [0.5, 0.6) is 0 Å². The summed E-state index contributed by atoms with van der Waals surface area (Å²) in [4.78, 5) is 24.0. The summed E-state index contributed by atoms with van der Waals surface area (Å²) in [6.07, 6.45) is -0.263. The van der Waals surface area contributed by atoms with Gasteiger partial charge < -0.3 is 14.9 Å². The summed E-state index contributed by atoms with van der Waals surface area (Å²) < 4.78 is 4.64. The minimum absolute atomic E-state index is 0.0416. The van der Waals surface area contributed by atoms with Gasteiger partial charge in [0.15, 0.2) is 5.78 Å². The van der Waals surface area contributed by atoms with Crippen molar-refractivity contribution in [1.29, 1.82) is 0 Å². The third-order valence-electron chi connectivity index (χ3n) is 1.88. The summed E-state index contributed by atoms with van der Waals surface area (Å²) in [6, 6.07) is 0. The summed E-state index contributed by atoms with van der Waals surface area (Å²) >= 11 is 0. The minimum atomic E-state index is -0.541. The highest BCUT2D eigenvalue weighted by Crippen LogP contribution is 1.94. The van der Waals surface area contributed by atoms with Crippen molar-refractivity contribution in [1.82, 2.24) is 4.90 Å². The molecular weight excluding hydrogens is 214 g/mol. The van der Waals surface area contributed by atoms with Gasteiger partial charge in [0.05, 0.1) is 26.4 Å². The molecule has 6 heteroatoms. The standard InChI is InChI=1S/C10H19NO5/c1-2-16-10(15)7-9(14)8-11(3-5-12)4-6-13/h12-13H,2-8H2,1H3. The van der Waals surface area contributed by atoms with Crippen molar-refractivity contribution in [3.63, 3.8) is 0 Å². The van der Waals surface area contributed by atoms with Crippen LogP contribution in [-0.2, 0) is 14.3 Å². The first kappa shape index (κ1) is 15.0. The van der Waals surface area contributed by atoms with E-state index in [1.54, 1.807) is 11.8 Å².